The number of hydrogen-bond acceptors (Lipinski definition) is 1. The van der Waals surface area contributed by atoms with Crippen LogP contribution < -0.4 is 0 Å². The normalized spacial score (nSPS) is 10.4. The third-order valence-electron chi connectivity index (χ3n) is 2.86. The van der Waals surface area contributed by atoms with Crippen molar-refractivity contribution < 1.29 is 9.18 Å². The lowest BCUT2D eigenvalue weighted by molar-refractivity contribution is 0.0991. The fraction of sp³-hybridized carbons (Fsp3) is 0.133. The van der Waals surface area contributed by atoms with Gasteiger partial charge < -0.3 is 0 Å². The summed E-state index contributed by atoms with van der Waals surface area (Å²) in [5.41, 5.74) is 2.43. The highest BCUT2D eigenvalue weighted by atomic mass is 79.9. The molecule has 2 rings (SSSR count). The molecule has 2 aromatic rings. The predicted molar refractivity (Wildman–Crippen MR) is 73.3 cm³/mol. The molecule has 0 unspecified atom stereocenters. The summed E-state index contributed by atoms with van der Waals surface area (Å²) in [5.74, 6) is -0.499. The molecule has 0 radical (unpaired) electrons. The molecule has 0 saturated carbocycles. The number of carbonyl (C=O) groups is 1. The fourth-order valence-electron chi connectivity index (χ4n) is 1.80. The third kappa shape index (κ3) is 2.67. The number of aryl methyl sites for hydroxylation is 1. The summed E-state index contributed by atoms with van der Waals surface area (Å²) < 4.78 is 13.6. The summed E-state index contributed by atoms with van der Waals surface area (Å²) in [7, 11) is 0. The molecule has 2 aromatic carbocycles. The van der Waals surface area contributed by atoms with Crippen molar-refractivity contribution in [3.8, 4) is 0 Å². The van der Waals surface area contributed by atoms with Crippen LogP contribution >= 0.6 is 15.9 Å². The standard InChI is InChI=1S/C15H12BrFO/c1-10-5-2-3-6-11(10)9-14(18)12-7-4-8-13(17)15(12)16/h2-8H,9H2,1H3. The first-order valence-electron chi connectivity index (χ1n) is 5.61. The Morgan fingerprint density at radius 2 is 1.89 bits per heavy atom. The van der Waals surface area contributed by atoms with E-state index in [1.165, 1.54) is 6.07 Å². The average Bonchev–Trinajstić information content (AvgIpc) is 2.35. The molecule has 0 aliphatic rings. The molecule has 0 atom stereocenters. The number of ketones is 1. The highest BCUT2D eigenvalue weighted by molar-refractivity contribution is 9.10. The van der Waals surface area contributed by atoms with Crippen LogP contribution in [0.4, 0.5) is 4.39 Å². The molecule has 0 heterocycles. The fourth-order valence-corrected chi connectivity index (χ4v) is 2.28. The molecule has 1 nitrogen and oxygen atoms in total. The van der Waals surface area contributed by atoms with Crippen molar-refractivity contribution in [2.45, 2.75) is 13.3 Å². The molecule has 0 aromatic heterocycles. The van der Waals surface area contributed by atoms with Crippen molar-refractivity contribution in [2.75, 3.05) is 0 Å². The maximum atomic E-state index is 13.4. The summed E-state index contributed by atoms with van der Waals surface area (Å²) in [6.45, 7) is 1.96. The number of hydrogen-bond donors (Lipinski definition) is 0. The first kappa shape index (κ1) is 13.0. The molecule has 0 fully saturated rings. The van der Waals surface area contributed by atoms with Crippen LogP contribution in [0.1, 0.15) is 21.5 Å². The van der Waals surface area contributed by atoms with E-state index in [4.69, 9.17) is 0 Å². The Kier molecular flexibility index (Phi) is 3.92. The van der Waals surface area contributed by atoms with E-state index in [1.54, 1.807) is 12.1 Å². The zero-order chi connectivity index (χ0) is 13.1. The van der Waals surface area contributed by atoms with Crippen molar-refractivity contribution in [1.82, 2.24) is 0 Å². The third-order valence-corrected chi connectivity index (χ3v) is 3.67. The van der Waals surface area contributed by atoms with Gasteiger partial charge in [0, 0.05) is 12.0 Å². The molecule has 0 aliphatic heterocycles. The largest absolute Gasteiger partial charge is 0.294 e. The van der Waals surface area contributed by atoms with Gasteiger partial charge in [0.25, 0.3) is 0 Å². The van der Waals surface area contributed by atoms with Crippen molar-refractivity contribution >= 4 is 21.7 Å². The van der Waals surface area contributed by atoms with Crippen LogP contribution in [0.15, 0.2) is 46.9 Å². The molecule has 18 heavy (non-hydrogen) atoms. The second-order valence-electron chi connectivity index (χ2n) is 4.13. The highest BCUT2D eigenvalue weighted by Crippen LogP contribution is 2.22. The van der Waals surface area contributed by atoms with E-state index in [1.807, 2.05) is 31.2 Å². The van der Waals surface area contributed by atoms with Crippen molar-refractivity contribution in [2.24, 2.45) is 0 Å². The summed E-state index contributed by atoms with van der Waals surface area (Å²) in [5, 5.41) is 0. The Balaban J connectivity index is 2.28. The molecule has 0 spiro atoms. The molecule has 0 bridgehead atoms. The van der Waals surface area contributed by atoms with Gasteiger partial charge in [-0.05, 0) is 40.0 Å². The van der Waals surface area contributed by atoms with Gasteiger partial charge in [0.1, 0.15) is 5.82 Å². The van der Waals surface area contributed by atoms with E-state index < -0.39 is 5.82 Å². The maximum absolute atomic E-state index is 13.4. The number of benzene rings is 2. The summed E-state index contributed by atoms with van der Waals surface area (Å²) in [6.07, 6.45) is 0.286. The van der Waals surface area contributed by atoms with Crippen molar-refractivity contribution in [3.05, 3.63) is 69.4 Å². The second-order valence-corrected chi connectivity index (χ2v) is 4.92. The molecule has 3 heteroatoms. The van der Waals surface area contributed by atoms with Crippen molar-refractivity contribution in [3.63, 3.8) is 0 Å². The number of Topliss-reactive ketones (excluding diaryl/α,β-unsaturated/α-hetero) is 1. The number of carbonyl (C=O) groups excluding carboxylic acids is 1. The molecule has 0 aliphatic carbocycles. The maximum Gasteiger partial charge on any atom is 0.168 e. The lowest BCUT2D eigenvalue weighted by atomic mass is 9.99. The minimum atomic E-state index is -0.411. The Hall–Kier alpha value is -1.48. The zero-order valence-electron chi connectivity index (χ0n) is 9.91. The molecular weight excluding hydrogens is 295 g/mol. The van der Waals surface area contributed by atoms with Gasteiger partial charge in [-0.3, -0.25) is 4.79 Å². The van der Waals surface area contributed by atoms with Gasteiger partial charge in [0.2, 0.25) is 0 Å². The van der Waals surface area contributed by atoms with E-state index in [2.05, 4.69) is 15.9 Å². The second kappa shape index (κ2) is 5.44. The van der Waals surface area contributed by atoms with Crippen LogP contribution in [0, 0.1) is 12.7 Å². The summed E-state index contributed by atoms with van der Waals surface area (Å²) >= 11 is 3.12. The van der Waals surface area contributed by atoms with Crippen LogP contribution in [-0.2, 0) is 6.42 Å². The van der Waals surface area contributed by atoms with E-state index in [-0.39, 0.29) is 16.7 Å². The van der Waals surface area contributed by atoms with Gasteiger partial charge in [-0.2, -0.15) is 0 Å². The first-order valence-corrected chi connectivity index (χ1v) is 6.40. The van der Waals surface area contributed by atoms with E-state index in [0.29, 0.717) is 5.56 Å². The molecular formula is C15H12BrFO. The molecule has 0 saturated heterocycles. The number of halogens is 2. The van der Waals surface area contributed by atoms with Crippen LogP contribution in [-0.4, -0.2) is 5.78 Å². The average molecular weight is 307 g/mol. The van der Waals surface area contributed by atoms with Crippen LogP contribution in [0.3, 0.4) is 0 Å². The predicted octanol–water partition coefficient (Wildman–Crippen LogP) is 4.32. The molecule has 92 valence electrons. The number of rotatable bonds is 3. The van der Waals surface area contributed by atoms with E-state index in [0.717, 1.165) is 11.1 Å². The van der Waals surface area contributed by atoms with Gasteiger partial charge in [0.05, 0.1) is 4.47 Å². The molecule has 0 amide bonds. The van der Waals surface area contributed by atoms with Gasteiger partial charge in [0.15, 0.2) is 5.78 Å². The SMILES string of the molecule is Cc1ccccc1CC(=O)c1cccc(F)c1Br. The van der Waals surface area contributed by atoms with Gasteiger partial charge in [-0.15, -0.1) is 0 Å². The Bertz CT molecular complexity index is 593. The quantitative estimate of drug-likeness (QED) is 0.772. The van der Waals surface area contributed by atoms with E-state index >= 15 is 0 Å². The zero-order valence-corrected chi connectivity index (χ0v) is 11.5. The summed E-state index contributed by atoms with van der Waals surface area (Å²) in [6, 6.07) is 12.2. The highest BCUT2D eigenvalue weighted by Gasteiger charge is 2.14. The minimum Gasteiger partial charge on any atom is -0.294 e. The van der Waals surface area contributed by atoms with Crippen molar-refractivity contribution in [1.29, 1.82) is 0 Å². The van der Waals surface area contributed by atoms with Crippen LogP contribution in [0.2, 0.25) is 0 Å². The van der Waals surface area contributed by atoms with Crippen LogP contribution in [0.25, 0.3) is 0 Å². The van der Waals surface area contributed by atoms with Gasteiger partial charge in [-0.1, -0.05) is 36.4 Å². The monoisotopic (exact) mass is 306 g/mol. The first-order chi connectivity index (χ1) is 8.59. The van der Waals surface area contributed by atoms with E-state index in [9.17, 15) is 9.18 Å². The van der Waals surface area contributed by atoms with Gasteiger partial charge in [-0.25, -0.2) is 4.39 Å². The lowest BCUT2D eigenvalue weighted by Gasteiger charge is -2.07. The Morgan fingerprint density at radius 1 is 1.17 bits per heavy atom. The minimum absolute atomic E-state index is 0.0873. The Morgan fingerprint density at radius 3 is 2.61 bits per heavy atom. The topological polar surface area (TPSA) is 17.1 Å². The lowest BCUT2D eigenvalue weighted by Crippen LogP contribution is -2.06. The van der Waals surface area contributed by atoms with Crippen LogP contribution in [0.5, 0.6) is 0 Å². The summed E-state index contributed by atoms with van der Waals surface area (Å²) in [4.78, 5) is 12.1. The van der Waals surface area contributed by atoms with Gasteiger partial charge >= 0.3 is 0 Å². The smallest absolute Gasteiger partial charge is 0.168 e. The Labute approximate surface area is 114 Å². The molecule has 0 N–H and O–H groups in total.